The molecule has 8 aliphatic rings. The number of phenols is 1. The van der Waals surface area contributed by atoms with Crippen LogP contribution in [0.5, 0.6) is 5.75 Å². The van der Waals surface area contributed by atoms with E-state index >= 15 is 0 Å². The lowest BCUT2D eigenvalue weighted by molar-refractivity contribution is -0.0871. The highest BCUT2D eigenvalue weighted by Crippen LogP contribution is 2.73. The van der Waals surface area contributed by atoms with Crippen molar-refractivity contribution in [2.24, 2.45) is 51.2 Å². The third kappa shape index (κ3) is 6.81. The Morgan fingerprint density at radius 1 is 0.792 bits per heavy atom. The first-order valence-corrected chi connectivity index (χ1v) is 24.6. The molecule has 4 heteroatoms. The molecule has 10 atom stereocenters. The zero-order valence-electron chi connectivity index (χ0n) is 33.0. The van der Waals surface area contributed by atoms with Gasteiger partial charge in [0.15, 0.2) is 0 Å². The Balaban J connectivity index is 1.04. The zero-order chi connectivity index (χ0) is 35.9. The molecule has 2 aromatic rings. The Kier molecular flexibility index (Phi) is 9.27. The summed E-state index contributed by atoms with van der Waals surface area (Å²) >= 11 is 0. The van der Waals surface area contributed by atoms with E-state index in [-0.39, 0.29) is 5.54 Å². The monoisotopic (exact) mass is 749 g/mol. The first-order valence-electron chi connectivity index (χ1n) is 22.2. The van der Waals surface area contributed by atoms with E-state index in [1.807, 2.05) is 0 Å². The molecule has 1 saturated heterocycles. The molecule has 2 heterocycles. The summed E-state index contributed by atoms with van der Waals surface area (Å²) in [6.45, 7) is 6.01. The SMILES string of the molecule is CC1CC=CC2(C1)CC1(CCC3(CCC4(CCCC4)C3)C1)CC1C3Cc4cc(O)cc(c4)Cc4ccccc4CNC4(C)CCC(SSC4)C(C3)CC12. The second kappa shape index (κ2) is 13.6. The lowest BCUT2D eigenvalue weighted by Gasteiger charge is -2.61. The Hall–Kier alpha value is -1.36. The second-order valence-corrected chi connectivity index (χ2v) is 24.0. The highest BCUT2D eigenvalue weighted by molar-refractivity contribution is 8.77. The van der Waals surface area contributed by atoms with Crippen LogP contribution in [0.2, 0.25) is 0 Å². The molecule has 10 rings (SSSR count). The van der Waals surface area contributed by atoms with Crippen LogP contribution in [0.1, 0.15) is 152 Å². The lowest BCUT2D eigenvalue weighted by Crippen LogP contribution is -2.53. The molecule has 4 spiro atoms. The number of hydrogen-bond acceptors (Lipinski definition) is 4. The summed E-state index contributed by atoms with van der Waals surface area (Å²) in [6.07, 6.45) is 34.0. The van der Waals surface area contributed by atoms with Crippen LogP contribution in [0.3, 0.4) is 0 Å². The second-order valence-electron chi connectivity index (χ2n) is 21.4. The van der Waals surface area contributed by atoms with Crippen molar-refractivity contribution in [3.63, 3.8) is 0 Å². The molecule has 53 heavy (non-hydrogen) atoms. The Labute approximate surface area is 329 Å². The van der Waals surface area contributed by atoms with Gasteiger partial charge in [0.25, 0.3) is 0 Å². The minimum absolute atomic E-state index is 0.154. The molecular weight excluding hydrogens is 683 g/mol. The van der Waals surface area contributed by atoms with Gasteiger partial charge < -0.3 is 10.4 Å². The van der Waals surface area contributed by atoms with Crippen LogP contribution in [-0.2, 0) is 19.4 Å². The third-order valence-corrected chi connectivity index (χ3v) is 20.7. The summed E-state index contributed by atoms with van der Waals surface area (Å²) in [5, 5.41) is 16.1. The average molecular weight is 750 g/mol. The molecule has 6 bridgehead atoms. The summed E-state index contributed by atoms with van der Waals surface area (Å²) < 4.78 is 0. The van der Waals surface area contributed by atoms with E-state index in [0.29, 0.717) is 33.3 Å². The van der Waals surface area contributed by atoms with Gasteiger partial charge in [0, 0.05) is 23.1 Å². The molecule has 0 amide bonds. The van der Waals surface area contributed by atoms with Crippen LogP contribution in [0.4, 0.5) is 0 Å². The highest BCUT2D eigenvalue weighted by Gasteiger charge is 2.63. The number of rotatable bonds is 0. The normalized spacial score (nSPS) is 43.4. The topological polar surface area (TPSA) is 32.3 Å². The van der Waals surface area contributed by atoms with Gasteiger partial charge in [-0.25, -0.2) is 0 Å². The molecule has 6 aliphatic carbocycles. The fraction of sp³-hybridized carbons (Fsp3) is 0.714. The number of fused-ring (bicyclic) bond motifs is 12. The van der Waals surface area contributed by atoms with Crippen molar-refractivity contribution in [2.75, 3.05) is 5.75 Å². The van der Waals surface area contributed by atoms with E-state index in [1.165, 1.54) is 131 Å². The van der Waals surface area contributed by atoms with Crippen LogP contribution < -0.4 is 5.32 Å². The van der Waals surface area contributed by atoms with Crippen molar-refractivity contribution >= 4 is 21.6 Å². The van der Waals surface area contributed by atoms with Crippen LogP contribution in [0, 0.1) is 51.2 Å². The fourth-order valence-corrected chi connectivity index (χ4v) is 19.0. The number of hydrogen-bond donors (Lipinski definition) is 2. The van der Waals surface area contributed by atoms with Gasteiger partial charge in [0.2, 0.25) is 0 Å². The lowest BCUT2D eigenvalue weighted by atomic mass is 9.44. The first kappa shape index (κ1) is 36.0. The molecular formula is C49H67NOS2. The first-order chi connectivity index (χ1) is 25.6. The van der Waals surface area contributed by atoms with E-state index in [4.69, 9.17) is 0 Å². The molecule has 0 aromatic heterocycles. The molecule has 2 aliphatic heterocycles. The van der Waals surface area contributed by atoms with Crippen molar-refractivity contribution in [3.05, 3.63) is 76.9 Å². The van der Waals surface area contributed by atoms with Gasteiger partial charge in [-0.05, 0) is 208 Å². The highest BCUT2D eigenvalue weighted by atomic mass is 33.1. The van der Waals surface area contributed by atoms with Crippen LogP contribution >= 0.6 is 21.6 Å². The maximum absolute atomic E-state index is 11.3. The molecule has 2 N–H and O–H groups in total. The van der Waals surface area contributed by atoms with Gasteiger partial charge in [0.1, 0.15) is 5.75 Å². The van der Waals surface area contributed by atoms with E-state index < -0.39 is 0 Å². The van der Waals surface area contributed by atoms with Crippen LogP contribution in [0.15, 0.2) is 54.6 Å². The molecule has 0 radical (unpaired) electrons. The summed E-state index contributed by atoms with van der Waals surface area (Å²) in [6, 6.07) is 15.8. The van der Waals surface area contributed by atoms with E-state index in [1.54, 1.807) is 12.8 Å². The van der Waals surface area contributed by atoms with E-state index in [9.17, 15) is 5.11 Å². The minimum Gasteiger partial charge on any atom is -0.508 e. The summed E-state index contributed by atoms with van der Waals surface area (Å²) in [7, 11) is 4.45. The van der Waals surface area contributed by atoms with E-state index in [2.05, 4.69) is 95.4 Å². The summed E-state index contributed by atoms with van der Waals surface area (Å²) in [5.41, 5.74) is 7.90. The quantitative estimate of drug-likeness (QED) is 0.208. The van der Waals surface area contributed by atoms with Crippen molar-refractivity contribution in [3.8, 4) is 5.75 Å². The molecule has 5 saturated carbocycles. The predicted molar refractivity (Wildman–Crippen MR) is 225 cm³/mol. The largest absolute Gasteiger partial charge is 0.508 e. The maximum atomic E-state index is 11.3. The summed E-state index contributed by atoms with van der Waals surface area (Å²) in [4.78, 5) is 0. The minimum atomic E-state index is 0.154. The van der Waals surface area contributed by atoms with Gasteiger partial charge in [-0.2, -0.15) is 0 Å². The van der Waals surface area contributed by atoms with Crippen LogP contribution in [-0.4, -0.2) is 21.6 Å². The van der Waals surface area contributed by atoms with Gasteiger partial charge in [-0.1, -0.05) is 83.8 Å². The molecule has 2 aromatic carbocycles. The van der Waals surface area contributed by atoms with Crippen LogP contribution in [0.25, 0.3) is 0 Å². The molecule has 2 nitrogen and oxygen atoms in total. The number of aromatic hydroxyl groups is 1. The van der Waals surface area contributed by atoms with Crippen molar-refractivity contribution in [2.45, 2.75) is 160 Å². The van der Waals surface area contributed by atoms with Gasteiger partial charge >= 0.3 is 0 Å². The molecule has 286 valence electrons. The Bertz CT molecular complexity index is 1710. The van der Waals surface area contributed by atoms with E-state index in [0.717, 1.165) is 48.3 Å². The smallest absolute Gasteiger partial charge is 0.116 e. The average Bonchev–Trinajstić information content (AvgIpc) is 3.79. The maximum Gasteiger partial charge on any atom is 0.116 e. The number of allylic oxidation sites excluding steroid dienone is 2. The number of phenolic OH excluding ortho intramolecular Hbond substituents is 1. The number of benzene rings is 2. The Morgan fingerprint density at radius 3 is 2.42 bits per heavy atom. The molecule has 6 fully saturated rings. The standard InChI is InChI=1S/C49H67NOS2/c1-34-8-7-14-49(27-34)32-48(19-18-47(31-48)17-16-46(30-47)12-5-6-13-46)28-42-39-22-36-20-35(23-41(51)24-36)21-37-9-3-4-10-38(37)29-50-45(2)15-11-44(53-52-33-45)40(25-39)26-43(42)49/h3-4,7,9-10,14,20,23-24,34,39-40,42-44,50-51H,5-6,8,11-13,15-19,21-22,25-33H2,1-2H3. The van der Waals surface area contributed by atoms with Gasteiger partial charge in [-0.15, -0.1) is 0 Å². The fourth-order valence-electron chi connectivity index (χ4n) is 15.4. The number of nitrogens with one attached hydrogen (secondary N) is 1. The van der Waals surface area contributed by atoms with Gasteiger partial charge in [-0.3, -0.25) is 0 Å². The van der Waals surface area contributed by atoms with Crippen molar-refractivity contribution in [1.82, 2.24) is 5.32 Å². The third-order valence-electron chi connectivity index (χ3n) is 17.5. The predicted octanol–water partition coefficient (Wildman–Crippen LogP) is 12.9. The molecule has 10 unspecified atom stereocenters. The Morgan fingerprint density at radius 2 is 1.57 bits per heavy atom. The summed E-state index contributed by atoms with van der Waals surface area (Å²) in [5.74, 6) is 5.54. The van der Waals surface area contributed by atoms with Crippen molar-refractivity contribution in [1.29, 1.82) is 0 Å². The zero-order valence-corrected chi connectivity index (χ0v) is 34.6. The van der Waals surface area contributed by atoms with Gasteiger partial charge in [0.05, 0.1) is 0 Å². The van der Waals surface area contributed by atoms with Crippen molar-refractivity contribution < 1.29 is 5.11 Å².